The van der Waals surface area contributed by atoms with Gasteiger partial charge >= 0.3 is 0 Å². The van der Waals surface area contributed by atoms with Gasteiger partial charge in [0, 0.05) is 28.2 Å². The van der Waals surface area contributed by atoms with E-state index in [0.717, 1.165) is 0 Å². The molecule has 4 nitrogen and oxygen atoms in total. The van der Waals surface area contributed by atoms with Crippen molar-refractivity contribution in [3.05, 3.63) is 69.8 Å². The molecule has 0 radical (unpaired) electrons. The maximum absolute atomic E-state index is 12.1. The van der Waals surface area contributed by atoms with E-state index < -0.39 is 4.92 Å². The van der Waals surface area contributed by atoms with Gasteiger partial charge in [0.2, 0.25) is 0 Å². The molecule has 0 atom stereocenters. The van der Waals surface area contributed by atoms with Crippen molar-refractivity contribution >= 4 is 24.1 Å². The number of nitro benzene ring substituents is 1. The van der Waals surface area contributed by atoms with Gasteiger partial charge in [-0.2, -0.15) is 0 Å². The topological polar surface area (TPSA) is 60.2 Å². The summed E-state index contributed by atoms with van der Waals surface area (Å²) >= 11 is 4.21. The smallest absolute Gasteiger partial charge is 0.269 e. The van der Waals surface area contributed by atoms with Crippen LogP contribution in [0.2, 0.25) is 0 Å². The highest BCUT2D eigenvalue weighted by atomic mass is 32.1. The highest BCUT2D eigenvalue weighted by Crippen LogP contribution is 2.19. The Balaban J connectivity index is 2.35. The summed E-state index contributed by atoms with van der Waals surface area (Å²) in [5.74, 6) is -0.199. The van der Waals surface area contributed by atoms with E-state index in [1.807, 2.05) is 0 Å². The normalized spacial score (nSPS) is 10.1. The molecule has 0 aliphatic heterocycles. The number of nitrogens with zero attached hydrogens (tertiary/aromatic N) is 1. The summed E-state index contributed by atoms with van der Waals surface area (Å²) in [5, 5.41) is 10.5. The zero-order valence-electron chi connectivity index (χ0n) is 9.24. The van der Waals surface area contributed by atoms with E-state index in [0.29, 0.717) is 16.0 Å². The number of hydrogen-bond acceptors (Lipinski definition) is 4. The van der Waals surface area contributed by atoms with Gasteiger partial charge in [0.25, 0.3) is 5.69 Å². The number of carbonyl (C=O) groups excluding carboxylic acids is 1. The van der Waals surface area contributed by atoms with Crippen LogP contribution in [0.25, 0.3) is 0 Å². The first-order chi connectivity index (χ1) is 8.59. The number of hydrogen-bond donors (Lipinski definition) is 1. The van der Waals surface area contributed by atoms with Crippen LogP contribution in [-0.2, 0) is 0 Å². The van der Waals surface area contributed by atoms with Crippen molar-refractivity contribution in [3.63, 3.8) is 0 Å². The highest BCUT2D eigenvalue weighted by Gasteiger charge is 2.13. The van der Waals surface area contributed by atoms with Crippen LogP contribution in [0.15, 0.2) is 53.4 Å². The van der Waals surface area contributed by atoms with Crippen LogP contribution in [0.4, 0.5) is 5.69 Å². The lowest BCUT2D eigenvalue weighted by Gasteiger charge is -2.03. The molecule has 0 fully saturated rings. The lowest BCUT2D eigenvalue weighted by Crippen LogP contribution is -2.02. The molecule has 5 heteroatoms. The van der Waals surface area contributed by atoms with Crippen molar-refractivity contribution < 1.29 is 9.72 Å². The zero-order chi connectivity index (χ0) is 13.1. The van der Waals surface area contributed by atoms with Gasteiger partial charge in [-0.25, -0.2) is 0 Å². The second kappa shape index (κ2) is 5.01. The Kier molecular flexibility index (Phi) is 3.43. The Morgan fingerprint density at radius 1 is 1.06 bits per heavy atom. The number of rotatable bonds is 3. The summed E-state index contributed by atoms with van der Waals surface area (Å²) in [6, 6.07) is 12.4. The Bertz CT molecular complexity index is 608. The summed E-state index contributed by atoms with van der Waals surface area (Å²) in [5.41, 5.74) is 0.850. The molecule has 0 saturated heterocycles. The molecule has 2 rings (SSSR count). The summed E-state index contributed by atoms with van der Waals surface area (Å²) in [6.45, 7) is 0. The van der Waals surface area contributed by atoms with Crippen molar-refractivity contribution in [3.8, 4) is 0 Å². The van der Waals surface area contributed by atoms with E-state index >= 15 is 0 Å². The lowest BCUT2D eigenvalue weighted by atomic mass is 10.0. The molecule has 0 aromatic heterocycles. The fourth-order valence-corrected chi connectivity index (χ4v) is 1.82. The zero-order valence-corrected chi connectivity index (χ0v) is 10.1. The Labute approximate surface area is 109 Å². The number of nitro groups is 1. The largest absolute Gasteiger partial charge is 0.289 e. The fraction of sp³-hybridized carbons (Fsp3) is 0. The van der Waals surface area contributed by atoms with Gasteiger partial charge in [0.15, 0.2) is 5.78 Å². The number of carbonyl (C=O) groups is 1. The molecule has 18 heavy (non-hydrogen) atoms. The third kappa shape index (κ3) is 2.41. The van der Waals surface area contributed by atoms with Gasteiger partial charge in [0.1, 0.15) is 0 Å². The minimum Gasteiger partial charge on any atom is -0.289 e. The van der Waals surface area contributed by atoms with Crippen LogP contribution in [0.3, 0.4) is 0 Å². The Hall–Kier alpha value is -2.14. The van der Waals surface area contributed by atoms with Crippen molar-refractivity contribution in [1.82, 2.24) is 0 Å². The molecule has 0 aliphatic rings. The molecule has 2 aromatic carbocycles. The van der Waals surface area contributed by atoms with Crippen LogP contribution in [0.5, 0.6) is 0 Å². The maximum atomic E-state index is 12.1. The minimum absolute atomic E-state index is 0.0364. The number of benzene rings is 2. The quantitative estimate of drug-likeness (QED) is 0.399. The molecule has 0 aliphatic carbocycles. The first kappa shape index (κ1) is 12.3. The van der Waals surface area contributed by atoms with Crippen molar-refractivity contribution in [1.29, 1.82) is 0 Å². The molecule has 0 unspecified atom stereocenters. The standard InChI is InChI=1S/C13H9NO3S/c15-13(11-3-1-2-4-12(11)18)9-5-7-10(8-6-9)14(16)17/h1-8,18H. The van der Waals surface area contributed by atoms with Crippen molar-refractivity contribution in [2.45, 2.75) is 4.90 Å². The first-order valence-electron chi connectivity index (χ1n) is 5.17. The molecule has 2 aromatic rings. The van der Waals surface area contributed by atoms with Gasteiger partial charge in [0.05, 0.1) is 4.92 Å². The lowest BCUT2D eigenvalue weighted by molar-refractivity contribution is -0.384. The van der Waals surface area contributed by atoms with Crippen LogP contribution in [-0.4, -0.2) is 10.7 Å². The predicted molar refractivity (Wildman–Crippen MR) is 70.2 cm³/mol. The third-order valence-electron chi connectivity index (χ3n) is 2.49. The predicted octanol–water partition coefficient (Wildman–Crippen LogP) is 3.11. The number of non-ortho nitro benzene ring substituents is 1. The van der Waals surface area contributed by atoms with E-state index in [4.69, 9.17) is 0 Å². The van der Waals surface area contributed by atoms with E-state index in [1.165, 1.54) is 24.3 Å². The van der Waals surface area contributed by atoms with E-state index in [9.17, 15) is 14.9 Å². The van der Waals surface area contributed by atoms with Gasteiger partial charge in [-0.05, 0) is 24.3 Å². The average molecular weight is 259 g/mol. The van der Waals surface area contributed by atoms with Gasteiger partial charge < -0.3 is 0 Å². The monoisotopic (exact) mass is 259 g/mol. The van der Waals surface area contributed by atoms with Crippen LogP contribution >= 0.6 is 12.6 Å². The van der Waals surface area contributed by atoms with Gasteiger partial charge in [-0.3, -0.25) is 14.9 Å². The fourth-order valence-electron chi connectivity index (χ4n) is 1.56. The maximum Gasteiger partial charge on any atom is 0.269 e. The van der Waals surface area contributed by atoms with Crippen molar-refractivity contribution in [2.75, 3.05) is 0 Å². The van der Waals surface area contributed by atoms with Crippen LogP contribution in [0.1, 0.15) is 15.9 Å². The average Bonchev–Trinajstić information content (AvgIpc) is 2.38. The third-order valence-corrected chi connectivity index (χ3v) is 2.88. The van der Waals surface area contributed by atoms with E-state index in [1.54, 1.807) is 24.3 Å². The van der Waals surface area contributed by atoms with Crippen LogP contribution in [0, 0.1) is 10.1 Å². The SMILES string of the molecule is O=C(c1ccc([N+](=O)[O-])cc1)c1ccccc1S. The number of ketones is 1. The summed E-state index contributed by atoms with van der Waals surface area (Å²) in [6.07, 6.45) is 0. The molecule has 0 saturated carbocycles. The summed E-state index contributed by atoms with van der Waals surface area (Å²) < 4.78 is 0. The Morgan fingerprint density at radius 3 is 2.22 bits per heavy atom. The number of thiol groups is 1. The second-order valence-corrected chi connectivity index (χ2v) is 4.13. The second-order valence-electron chi connectivity index (χ2n) is 3.65. The first-order valence-corrected chi connectivity index (χ1v) is 5.61. The molecule has 0 amide bonds. The molecule has 0 spiro atoms. The molecule has 0 heterocycles. The summed E-state index contributed by atoms with van der Waals surface area (Å²) in [4.78, 5) is 22.7. The molecular weight excluding hydrogens is 250 g/mol. The van der Waals surface area contributed by atoms with Gasteiger partial charge in [-0.15, -0.1) is 12.6 Å². The molecular formula is C13H9NO3S. The summed E-state index contributed by atoms with van der Waals surface area (Å²) in [7, 11) is 0. The molecule has 0 N–H and O–H groups in total. The molecule has 0 bridgehead atoms. The Morgan fingerprint density at radius 2 is 1.67 bits per heavy atom. The van der Waals surface area contributed by atoms with Crippen LogP contribution < -0.4 is 0 Å². The van der Waals surface area contributed by atoms with Gasteiger partial charge in [-0.1, -0.05) is 12.1 Å². The van der Waals surface area contributed by atoms with Crippen molar-refractivity contribution in [2.24, 2.45) is 0 Å². The minimum atomic E-state index is -0.499. The molecule has 90 valence electrons. The van der Waals surface area contributed by atoms with E-state index in [2.05, 4.69) is 12.6 Å². The highest BCUT2D eigenvalue weighted by molar-refractivity contribution is 7.80. The van der Waals surface area contributed by atoms with E-state index in [-0.39, 0.29) is 11.5 Å².